The molecule has 4 N–H and O–H groups in total. The zero-order chi connectivity index (χ0) is 20.9. The van der Waals surface area contributed by atoms with Crippen molar-refractivity contribution in [2.24, 2.45) is 5.41 Å². The van der Waals surface area contributed by atoms with Crippen molar-refractivity contribution in [2.75, 3.05) is 13.2 Å². The Kier molecular flexibility index (Phi) is 23.3. The summed E-state index contributed by atoms with van der Waals surface area (Å²) in [7, 11) is 0. The highest BCUT2D eigenvalue weighted by Gasteiger charge is 2.33. The normalized spacial score (nSPS) is 11.3. The van der Waals surface area contributed by atoms with Crippen LogP contribution in [0.15, 0.2) is 0 Å². The first-order valence-corrected chi connectivity index (χ1v) is 12.4. The van der Waals surface area contributed by atoms with Crippen molar-refractivity contribution >= 4 is 5.97 Å². The molecule has 0 atom stereocenters. The molecule has 176 valence electrons. The molecule has 0 heterocycles. The molecule has 0 saturated heterocycles. The van der Waals surface area contributed by atoms with E-state index in [0.29, 0.717) is 0 Å². The van der Waals surface area contributed by atoms with E-state index in [1.807, 2.05) is 0 Å². The number of unbranched alkanes of at least 4 members (excludes halogenated alkanes) is 14. The van der Waals surface area contributed by atoms with Gasteiger partial charge in [0.1, 0.15) is 6.61 Å². The minimum absolute atomic E-state index is 0. The fourth-order valence-corrected chi connectivity index (χ4v) is 3.94. The zero-order valence-corrected chi connectivity index (χ0v) is 20.1. The Morgan fingerprint density at radius 1 is 0.690 bits per heavy atom. The fraction of sp³-hybridized carbons (Fsp3) is 0.960. The van der Waals surface area contributed by atoms with Gasteiger partial charge >= 0.3 is 5.97 Å². The predicted molar refractivity (Wildman–Crippen MR) is 126 cm³/mol. The van der Waals surface area contributed by atoms with E-state index in [2.05, 4.69) is 20.8 Å². The molecule has 0 radical (unpaired) electrons. The molecule has 4 nitrogen and oxygen atoms in total. The minimum Gasteiger partial charge on any atom is -0.463 e. The minimum atomic E-state index is -0.375. The number of rotatable bonds is 21. The van der Waals surface area contributed by atoms with Gasteiger partial charge in [-0.25, -0.2) is 0 Å². The molecule has 0 aliphatic carbocycles. The second-order valence-electron chi connectivity index (χ2n) is 8.87. The smallest absolute Gasteiger partial charge is 0.311 e. The van der Waals surface area contributed by atoms with Crippen LogP contribution in [0.2, 0.25) is 0 Å². The van der Waals surface area contributed by atoms with E-state index in [1.165, 1.54) is 89.9 Å². The highest BCUT2D eigenvalue weighted by Crippen LogP contribution is 2.33. The molecule has 0 saturated carbocycles. The van der Waals surface area contributed by atoms with Gasteiger partial charge in [-0.15, -0.1) is 0 Å². The van der Waals surface area contributed by atoms with Crippen molar-refractivity contribution in [3.05, 3.63) is 0 Å². The molecule has 0 aromatic carbocycles. The van der Waals surface area contributed by atoms with Gasteiger partial charge < -0.3 is 16.0 Å². The Labute approximate surface area is 182 Å². The second kappa shape index (κ2) is 22.1. The predicted octanol–water partition coefficient (Wildman–Crippen LogP) is 7.75. The third kappa shape index (κ3) is 17.9. The molecule has 0 rings (SSSR count). The van der Waals surface area contributed by atoms with Gasteiger partial charge in [0.25, 0.3) is 0 Å². The Hall–Kier alpha value is -0.610. The van der Waals surface area contributed by atoms with Gasteiger partial charge in [0, 0.05) is 0 Å². The monoisotopic (exact) mass is 415 g/mol. The highest BCUT2D eigenvalue weighted by molar-refractivity contribution is 5.76. The molecule has 0 fully saturated rings. The Bertz CT molecular complexity index is 327. The van der Waals surface area contributed by atoms with Gasteiger partial charge in [0.2, 0.25) is 0 Å². The van der Waals surface area contributed by atoms with Crippen LogP contribution in [-0.2, 0) is 9.53 Å². The Balaban J connectivity index is 0. The lowest BCUT2D eigenvalue weighted by Crippen LogP contribution is -2.31. The van der Waals surface area contributed by atoms with E-state index < -0.39 is 0 Å². The molecule has 29 heavy (non-hydrogen) atoms. The van der Waals surface area contributed by atoms with Crippen LogP contribution in [0.25, 0.3) is 0 Å². The number of ether oxygens (including phenoxy) is 1. The van der Waals surface area contributed by atoms with Crippen LogP contribution in [0.1, 0.15) is 136 Å². The summed E-state index contributed by atoms with van der Waals surface area (Å²) in [6, 6.07) is 0. The second-order valence-corrected chi connectivity index (χ2v) is 8.87. The fourth-order valence-electron chi connectivity index (χ4n) is 3.94. The topological polar surface area (TPSA) is 81.5 Å². The first kappa shape index (κ1) is 30.6. The summed E-state index contributed by atoms with van der Waals surface area (Å²) in [5.41, 5.74) is -0.375. The quantitative estimate of drug-likeness (QED) is 0.148. The largest absolute Gasteiger partial charge is 0.463 e. The molecular weight excluding hydrogens is 362 g/mol. The van der Waals surface area contributed by atoms with Crippen molar-refractivity contribution in [3.63, 3.8) is 0 Å². The van der Waals surface area contributed by atoms with Crippen LogP contribution in [0, 0.1) is 5.41 Å². The van der Waals surface area contributed by atoms with E-state index >= 15 is 0 Å². The SMILES string of the molecule is CCCCCCCCCCC(C)(CCCCCCCCCC)C(=O)OCCO.N. The molecule has 4 heteroatoms. The molecule has 0 aliphatic rings. The molecular formula is C25H53NO3. The maximum absolute atomic E-state index is 12.6. The van der Waals surface area contributed by atoms with Crippen molar-refractivity contribution < 1.29 is 14.6 Å². The number of hydrogen-bond acceptors (Lipinski definition) is 4. The zero-order valence-electron chi connectivity index (χ0n) is 20.1. The van der Waals surface area contributed by atoms with E-state index in [4.69, 9.17) is 9.84 Å². The molecule has 0 unspecified atom stereocenters. The van der Waals surface area contributed by atoms with Gasteiger partial charge in [-0.3, -0.25) is 4.79 Å². The summed E-state index contributed by atoms with van der Waals surface area (Å²) < 4.78 is 5.31. The van der Waals surface area contributed by atoms with Crippen molar-refractivity contribution in [3.8, 4) is 0 Å². The average molecular weight is 416 g/mol. The highest BCUT2D eigenvalue weighted by atomic mass is 16.5. The molecule has 0 bridgehead atoms. The van der Waals surface area contributed by atoms with Crippen LogP contribution in [0.5, 0.6) is 0 Å². The van der Waals surface area contributed by atoms with Crippen LogP contribution in [0.4, 0.5) is 0 Å². The summed E-state index contributed by atoms with van der Waals surface area (Å²) in [6.45, 7) is 6.63. The van der Waals surface area contributed by atoms with E-state index in [9.17, 15) is 4.79 Å². The third-order valence-electron chi connectivity index (χ3n) is 5.98. The molecule has 0 aromatic heterocycles. The first-order chi connectivity index (χ1) is 13.6. The number of hydrogen-bond donors (Lipinski definition) is 2. The number of esters is 1. The molecule has 0 aromatic rings. The molecule has 0 aliphatic heterocycles. The van der Waals surface area contributed by atoms with E-state index in [-0.39, 0.29) is 30.7 Å². The van der Waals surface area contributed by atoms with Gasteiger partial charge in [0.15, 0.2) is 0 Å². The summed E-state index contributed by atoms with van der Waals surface area (Å²) in [5.74, 6) is -0.104. The van der Waals surface area contributed by atoms with Crippen molar-refractivity contribution in [1.29, 1.82) is 0 Å². The van der Waals surface area contributed by atoms with Crippen LogP contribution in [0.3, 0.4) is 0 Å². The number of carbonyl (C=O) groups excluding carboxylic acids is 1. The first-order valence-electron chi connectivity index (χ1n) is 12.4. The number of aliphatic hydroxyl groups excluding tert-OH is 1. The van der Waals surface area contributed by atoms with E-state index in [1.54, 1.807) is 0 Å². The lowest BCUT2D eigenvalue weighted by Gasteiger charge is -2.27. The van der Waals surface area contributed by atoms with Crippen molar-refractivity contribution in [1.82, 2.24) is 6.15 Å². The summed E-state index contributed by atoms with van der Waals surface area (Å²) >= 11 is 0. The maximum Gasteiger partial charge on any atom is 0.311 e. The van der Waals surface area contributed by atoms with E-state index in [0.717, 1.165) is 25.7 Å². The number of carbonyl (C=O) groups is 1. The van der Waals surface area contributed by atoms with Gasteiger partial charge in [-0.1, -0.05) is 117 Å². The summed E-state index contributed by atoms with van der Waals surface area (Å²) in [5, 5.41) is 8.97. The van der Waals surface area contributed by atoms with Crippen LogP contribution in [-0.4, -0.2) is 24.3 Å². The Morgan fingerprint density at radius 2 is 1.03 bits per heavy atom. The average Bonchev–Trinajstić information content (AvgIpc) is 2.70. The Morgan fingerprint density at radius 3 is 1.38 bits per heavy atom. The lowest BCUT2D eigenvalue weighted by molar-refractivity contribution is -0.157. The van der Waals surface area contributed by atoms with Crippen molar-refractivity contribution in [2.45, 2.75) is 136 Å². The van der Waals surface area contributed by atoms with Gasteiger partial charge in [-0.05, 0) is 19.8 Å². The number of aliphatic hydroxyl groups is 1. The summed E-state index contributed by atoms with van der Waals surface area (Å²) in [4.78, 5) is 12.6. The molecule has 0 spiro atoms. The molecule has 0 amide bonds. The lowest BCUT2D eigenvalue weighted by atomic mass is 9.79. The third-order valence-corrected chi connectivity index (χ3v) is 5.98. The van der Waals surface area contributed by atoms with Gasteiger partial charge in [-0.2, -0.15) is 0 Å². The van der Waals surface area contributed by atoms with Crippen LogP contribution < -0.4 is 6.15 Å². The standard InChI is InChI=1S/C25H50O3.H3N/c1-4-6-8-10-12-14-16-18-20-25(3,24(27)28-23-22-26)21-19-17-15-13-11-9-7-5-2;/h26H,4-23H2,1-3H3;1H3. The summed E-state index contributed by atoms with van der Waals surface area (Å²) in [6.07, 6.45) is 22.4. The van der Waals surface area contributed by atoms with Gasteiger partial charge in [0.05, 0.1) is 12.0 Å². The van der Waals surface area contributed by atoms with Crippen LogP contribution >= 0.6 is 0 Å². The maximum atomic E-state index is 12.6.